The summed E-state index contributed by atoms with van der Waals surface area (Å²) in [5, 5.41) is 11.6. The average Bonchev–Trinajstić information content (AvgIpc) is 3.08. The Kier molecular flexibility index (Phi) is 31.3. The van der Waals surface area contributed by atoms with Crippen molar-refractivity contribution >= 4 is 17.9 Å². The number of likely N-dealkylation sites (N-methyl/N-ethyl adjacent to an activating group) is 1. The fraction of sp³-hybridized carbons (Fsp3) is 0.605. The standard InChI is InChI=1S/C43H69NO7/c1-6-8-10-12-14-16-18-20-22-23-25-27-29-31-33-41(45)50-38-39(37-49-36-35-40(43(47)48)44(3,4)5)51-42(46)34-32-30-28-26-24-21-19-17-15-13-11-9-7-2/h8-11,13-17,19-22,24,39-40H,6-7,12,18,23,25-38H2,1-5H3/b10-8+,11-9+,15-13+,16-14+,19-17+,22-20+,24-21+. The summed E-state index contributed by atoms with van der Waals surface area (Å²) in [5.74, 6) is -1.83. The van der Waals surface area contributed by atoms with Crippen molar-refractivity contribution in [3.8, 4) is 0 Å². The van der Waals surface area contributed by atoms with E-state index in [1.165, 1.54) is 0 Å². The van der Waals surface area contributed by atoms with E-state index in [1.807, 2.05) is 36.5 Å². The molecular formula is C43H69NO7. The van der Waals surface area contributed by atoms with Crippen LogP contribution in [0.15, 0.2) is 85.1 Å². The molecular weight excluding hydrogens is 642 g/mol. The van der Waals surface area contributed by atoms with Gasteiger partial charge in [-0.3, -0.25) is 9.59 Å². The number of esters is 2. The number of allylic oxidation sites excluding steroid dienone is 14. The zero-order chi connectivity index (χ0) is 37.8. The fourth-order valence-corrected chi connectivity index (χ4v) is 4.92. The molecule has 0 aliphatic carbocycles. The molecule has 0 N–H and O–H groups in total. The van der Waals surface area contributed by atoms with Crippen LogP contribution in [0.25, 0.3) is 0 Å². The number of hydrogen-bond acceptors (Lipinski definition) is 7. The third kappa shape index (κ3) is 32.2. The number of carboxylic acids is 1. The molecule has 0 aromatic heterocycles. The summed E-state index contributed by atoms with van der Waals surface area (Å²) in [4.78, 5) is 36.7. The molecule has 0 radical (unpaired) electrons. The van der Waals surface area contributed by atoms with Crippen molar-refractivity contribution in [2.45, 2.75) is 129 Å². The molecule has 2 unspecified atom stereocenters. The summed E-state index contributed by atoms with van der Waals surface area (Å²) in [6.45, 7) is 4.30. The highest BCUT2D eigenvalue weighted by Gasteiger charge is 2.25. The lowest BCUT2D eigenvalue weighted by atomic mass is 10.1. The zero-order valence-electron chi connectivity index (χ0n) is 32.5. The summed E-state index contributed by atoms with van der Waals surface area (Å²) < 4.78 is 17.0. The molecule has 0 saturated heterocycles. The highest BCUT2D eigenvalue weighted by Crippen LogP contribution is 2.11. The molecule has 0 spiro atoms. The molecule has 288 valence electrons. The number of carbonyl (C=O) groups excluding carboxylic acids is 3. The first kappa shape index (κ1) is 47.5. The first-order valence-corrected chi connectivity index (χ1v) is 19.2. The maximum atomic E-state index is 12.6. The molecule has 0 saturated carbocycles. The van der Waals surface area contributed by atoms with Crippen LogP contribution in [0.2, 0.25) is 0 Å². The van der Waals surface area contributed by atoms with Gasteiger partial charge in [0.15, 0.2) is 6.10 Å². The van der Waals surface area contributed by atoms with Gasteiger partial charge >= 0.3 is 11.9 Å². The van der Waals surface area contributed by atoms with Gasteiger partial charge in [0.1, 0.15) is 12.6 Å². The first-order valence-electron chi connectivity index (χ1n) is 19.2. The number of nitrogens with zero attached hydrogens (tertiary/aromatic N) is 1. The normalized spacial score (nSPS) is 14.0. The molecule has 8 nitrogen and oxygen atoms in total. The summed E-state index contributed by atoms with van der Waals surface area (Å²) >= 11 is 0. The number of unbranched alkanes of at least 4 members (excludes halogenated alkanes) is 7. The topological polar surface area (TPSA) is 102 Å². The van der Waals surface area contributed by atoms with Crippen LogP contribution in [0.5, 0.6) is 0 Å². The Balaban J connectivity index is 4.55. The minimum atomic E-state index is -1.14. The van der Waals surface area contributed by atoms with Crippen LogP contribution in [0.4, 0.5) is 0 Å². The van der Waals surface area contributed by atoms with Gasteiger partial charge in [-0.2, -0.15) is 0 Å². The van der Waals surface area contributed by atoms with Gasteiger partial charge < -0.3 is 28.6 Å². The van der Waals surface area contributed by atoms with E-state index in [-0.39, 0.29) is 49.1 Å². The van der Waals surface area contributed by atoms with Crippen LogP contribution in [0.3, 0.4) is 0 Å². The van der Waals surface area contributed by atoms with E-state index in [0.717, 1.165) is 77.0 Å². The monoisotopic (exact) mass is 712 g/mol. The van der Waals surface area contributed by atoms with Crippen LogP contribution in [-0.4, -0.2) is 75.5 Å². The van der Waals surface area contributed by atoms with Crippen molar-refractivity contribution in [3.63, 3.8) is 0 Å². The van der Waals surface area contributed by atoms with E-state index < -0.39 is 18.1 Å². The van der Waals surface area contributed by atoms with Gasteiger partial charge in [0.05, 0.1) is 40.3 Å². The number of hydrogen-bond donors (Lipinski definition) is 0. The third-order valence-corrected chi connectivity index (χ3v) is 7.87. The van der Waals surface area contributed by atoms with Crippen LogP contribution in [0.1, 0.15) is 117 Å². The number of carboxylic acid groups (broad SMARTS) is 1. The predicted octanol–water partition coefficient (Wildman–Crippen LogP) is 8.46. The Bertz CT molecular complexity index is 1110. The molecule has 2 atom stereocenters. The van der Waals surface area contributed by atoms with Crippen molar-refractivity contribution in [3.05, 3.63) is 85.1 Å². The molecule has 0 fully saturated rings. The number of rotatable bonds is 32. The number of quaternary nitrogens is 1. The van der Waals surface area contributed by atoms with E-state index in [0.29, 0.717) is 12.8 Å². The molecule has 0 aliphatic rings. The SMILES string of the molecule is CC/C=C/C=C/C=C/C=C/CCCCCC(=O)OC(COCCC(C(=O)[O-])[N+](C)(C)C)COC(=O)CCCCCC/C=C/C/C=C/C/C=C/CC. The highest BCUT2D eigenvalue weighted by molar-refractivity contribution is 5.70. The Morgan fingerprint density at radius 2 is 1.14 bits per heavy atom. The molecule has 0 rings (SSSR count). The van der Waals surface area contributed by atoms with Gasteiger partial charge in [-0.05, 0) is 64.2 Å². The van der Waals surface area contributed by atoms with E-state index >= 15 is 0 Å². The van der Waals surface area contributed by atoms with Gasteiger partial charge in [0, 0.05) is 19.3 Å². The second-order valence-electron chi connectivity index (χ2n) is 13.5. The lowest BCUT2D eigenvalue weighted by Gasteiger charge is -2.34. The van der Waals surface area contributed by atoms with Crippen LogP contribution >= 0.6 is 0 Å². The Labute approximate surface area is 310 Å². The summed E-state index contributed by atoms with van der Waals surface area (Å²) in [6, 6.07) is -0.740. The lowest BCUT2D eigenvalue weighted by Crippen LogP contribution is -2.55. The molecule has 0 bridgehead atoms. The Hall–Kier alpha value is -3.49. The third-order valence-electron chi connectivity index (χ3n) is 7.87. The van der Waals surface area contributed by atoms with Crippen molar-refractivity contribution in [2.24, 2.45) is 0 Å². The van der Waals surface area contributed by atoms with E-state index in [2.05, 4.69) is 62.5 Å². The zero-order valence-corrected chi connectivity index (χ0v) is 32.5. The molecule has 0 heterocycles. The van der Waals surface area contributed by atoms with Gasteiger partial charge in [0.25, 0.3) is 0 Å². The molecule has 0 amide bonds. The Morgan fingerprint density at radius 1 is 0.608 bits per heavy atom. The lowest BCUT2D eigenvalue weighted by molar-refractivity contribution is -0.889. The molecule has 0 aromatic carbocycles. The van der Waals surface area contributed by atoms with E-state index in [9.17, 15) is 19.5 Å². The highest BCUT2D eigenvalue weighted by atomic mass is 16.6. The molecule has 8 heteroatoms. The molecule has 0 aromatic rings. The summed E-state index contributed by atoms with van der Waals surface area (Å²) in [6.07, 6.45) is 41.8. The number of carbonyl (C=O) groups is 3. The van der Waals surface area contributed by atoms with E-state index in [1.54, 1.807) is 21.1 Å². The summed E-state index contributed by atoms with van der Waals surface area (Å²) in [7, 11) is 5.36. The van der Waals surface area contributed by atoms with Crippen molar-refractivity contribution in [2.75, 3.05) is 41.0 Å². The number of ether oxygens (including phenoxy) is 3. The second-order valence-corrected chi connectivity index (χ2v) is 13.5. The fourth-order valence-electron chi connectivity index (χ4n) is 4.92. The van der Waals surface area contributed by atoms with Crippen molar-refractivity contribution in [1.29, 1.82) is 0 Å². The second kappa shape index (κ2) is 33.6. The molecule has 51 heavy (non-hydrogen) atoms. The quantitative estimate of drug-likeness (QED) is 0.0227. The van der Waals surface area contributed by atoms with Gasteiger partial charge in [-0.25, -0.2) is 0 Å². The Morgan fingerprint density at radius 3 is 1.76 bits per heavy atom. The van der Waals surface area contributed by atoms with Crippen molar-refractivity contribution < 1.29 is 38.2 Å². The first-order chi connectivity index (χ1) is 24.6. The molecule has 0 aliphatic heterocycles. The maximum Gasteiger partial charge on any atom is 0.306 e. The van der Waals surface area contributed by atoms with Gasteiger partial charge in [-0.15, -0.1) is 0 Å². The predicted molar refractivity (Wildman–Crippen MR) is 208 cm³/mol. The smallest absolute Gasteiger partial charge is 0.306 e. The van der Waals surface area contributed by atoms with Gasteiger partial charge in [0.2, 0.25) is 0 Å². The number of aliphatic carboxylic acids is 1. The van der Waals surface area contributed by atoms with Crippen LogP contribution in [-0.2, 0) is 28.6 Å². The van der Waals surface area contributed by atoms with E-state index in [4.69, 9.17) is 14.2 Å². The summed E-state index contributed by atoms with van der Waals surface area (Å²) in [5.41, 5.74) is 0. The maximum absolute atomic E-state index is 12.6. The minimum Gasteiger partial charge on any atom is -0.544 e. The van der Waals surface area contributed by atoms with Gasteiger partial charge in [-0.1, -0.05) is 118 Å². The van der Waals surface area contributed by atoms with Crippen molar-refractivity contribution in [1.82, 2.24) is 0 Å². The van der Waals surface area contributed by atoms with Crippen LogP contribution in [0, 0.1) is 0 Å². The largest absolute Gasteiger partial charge is 0.544 e. The van der Waals surface area contributed by atoms with Crippen LogP contribution < -0.4 is 5.11 Å². The minimum absolute atomic E-state index is 0.0114. The average molecular weight is 712 g/mol.